The fourth-order valence-corrected chi connectivity index (χ4v) is 1.92. The minimum Gasteiger partial charge on any atom is -0.354 e. The predicted molar refractivity (Wildman–Crippen MR) is 74.0 cm³/mol. The second-order valence-corrected chi connectivity index (χ2v) is 4.98. The molecule has 0 fully saturated rings. The molecule has 17 heavy (non-hydrogen) atoms. The second-order valence-electron chi connectivity index (χ2n) is 3.66. The molecule has 0 aliphatic rings. The lowest BCUT2D eigenvalue weighted by molar-refractivity contribution is 0.0943. The third-order valence-electron chi connectivity index (χ3n) is 2.37. The molecular formula is C14H12BrClO. The molecule has 1 unspecified atom stereocenters. The van der Waals surface area contributed by atoms with E-state index >= 15 is 0 Å². The zero-order valence-corrected chi connectivity index (χ0v) is 11.5. The SMILES string of the molecule is ClC(OCc1ccc(Br)cc1)c1ccccc1. The van der Waals surface area contributed by atoms with E-state index in [0.717, 1.165) is 15.6 Å². The summed E-state index contributed by atoms with van der Waals surface area (Å²) in [5.41, 5.74) is 1.68. The van der Waals surface area contributed by atoms with Crippen LogP contribution in [0, 0.1) is 0 Å². The van der Waals surface area contributed by atoms with Crippen molar-refractivity contribution < 1.29 is 4.74 Å². The number of hydrogen-bond acceptors (Lipinski definition) is 1. The number of ether oxygens (including phenoxy) is 1. The Labute approximate surface area is 115 Å². The predicted octanol–water partition coefficient (Wildman–Crippen LogP) is 4.90. The number of hydrogen-bond donors (Lipinski definition) is 0. The summed E-state index contributed by atoms with van der Waals surface area (Å²) in [5, 5.41) is 0. The van der Waals surface area contributed by atoms with E-state index in [2.05, 4.69) is 15.9 Å². The molecule has 0 heterocycles. The molecule has 0 saturated carbocycles. The highest BCUT2D eigenvalue weighted by Crippen LogP contribution is 2.23. The maximum Gasteiger partial charge on any atom is 0.157 e. The lowest BCUT2D eigenvalue weighted by Crippen LogP contribution is -1.97. The van der Waals surface area contributed by atoms with Crippen LogP contribution < -0.4 is 0 Å². The van der Waals surface area contributed by atoms with Gasteiger partial charge in [-0.15, -0.1) is 0 Å². The van der Waals surface area contributed by atoms with Gasteiger partial charge in [0.05, 0.1) is 6.61 Å². The summed E-state index contributed by atoms with van der Waals surface area (Å²) < 4.78 is 6.67. The van der Waals surface area contributed by atoms with Gasteiger partial charge in [-0.05, 0) is 23.3 Å². The van der Waals surface area contributed by atoms with Crippen LogP contribution in [0.1, 0.15) is 16.7 Å². The first-order valence-corrected chi connectivity index (χ1v) is 6.54. The van der Waals surface area contributed by atoms with Gasteiger partial charge < -0.3 is 4.74 Å². The van der Waals surface area contributed by atoms with Crippen molar-refractivity contribution in [2.24, 2.45) is 0 Å². The Bertz CT molecular complexity index is 455. The molecule has 88 valence electrons. The molecule has 0 saturated heterocycles. The van der Waals surface area contributed by atoms with Crippen LogP contribution in [0.4, 0.5) is 0 Å². The summed E-state index contributed by atoms with van der Waals surface area (Å²) in [6.07, 6.45) is 0. The van der Waals surface area contributed by atoms with Gasteiger partial charge in [0.2, 0.25) is 0 Å². The standard InChI is InChI=1S/C14H12BrClO/c15-13-8-6-11(7-9-13)10-17-14(16)12-4-2-1-3-5-12/h1-9,14H,10H2. The molecule has 0 spiro atoms. The minimum atomic E-state index is -0.403. The molecule has 0 bridgehead atoms. The maximum absolute atomic E-state index is 6.16. The summed E-state index contributed by atoms with van der Waals surface area (Å²) in [4.78, 5) is 0. The van der Waals surface area contributed by atoms with Crippen molar-refractivity contribution in [2.45, 2.75) is 12.2 Å². The van der Waals surface area contributed by atoms with Crippen molar-refractivity contribution >= 4 is 27.5 Å². The van der Waals surface area contributed by atoms with Gasteiger partial charge in [-0.25, -0.2) is 0 Å². The molecule has 3 heteroatoms. The van der Waals surface area contributed by atoms with Gasteiger partial charge in [-0.2, -0.15) is 0 Å². The Kier molecular flexibility index (Phi) is 4.60. The van der Waals surface area contributed by atoms with E-state index < -0.39 is 5.56 Å². The smallest absolute Gasteiger partial charge is 0.157 e. The summed E-state index contributed by atoms with van der Waals surface area (Å²) in [5.74, 6) is 0. The molecule has 0 radical (unpaired) electrons. The molecule has 1 atom stereocenters. The summed E-state index contributed by atoms with van der Waals surface area (Å²) in [6, 6.07) is 17.8. The average molecular weight is 312 g/mol. The van der Waals surface area contributed by atoms with E-state index in [1.807, 2.05) is 54.6 Å². The third kappa shape index (κ3) is 3.84. The van der Waals surface area contributed by atoms with Crippen LogP contribution in [0.25, 0.3) is 0 Å². The monoisotopic (exact) mass is 310 g/mol. The first-order chi connectivity index (χ1) is 8.25. The van der Waals surface area contributed by atoms with Gasteiger partial charge in [0, 0.05) is 4.47 Å². The summed E-state index contributed by atoms with van der Waals surface area (Å²) in [6.45, 7) is 0.510. The van der Waals surface area contributed by atoms with Crippen molar-refractivity contribution in [1.82, 2.24) is 0 Å². The quantitative estimate of drug-likeness (QED) is 0.729. The van der Waals surface area contributed by atoms with E-state index in [9.17, 15) is 0 Å². The molecule has 0 amide bonds. The van der Waals surface area contributed by atoms with Crippen LogP contribution in [0.3, 0.4) is 0 Å². The lowest BCUT2D eigenvalue weighted by atomic mass is 10.2. The Morgan fingerprint density at radius 3 is 2.29 bits per heavy atom. The van der Waals surface area contributed by atoms with Crippen LogP contribution in [-0.4, -0.2) is 0 Å². The van der Waals surface area contributed by atoms with E-state index in [0.29, 0.717) is 6.61 Å². The van der Waals surface area contributed by atoms with Crippen LogP contribution in [0.2, 0.25) is 0 Å². The molecule has 0 aliphatic heterocycles. The fourth-order valence-electron chi connectivity index (χ4n) is 1.45. The number of rotatable bonds is 4. The average Bonchev–Trinajstić information content (AvgIpc) is 2.39. The summed E-state index contributed by atoms with van der Waals surface area (Å²) in [7, 11) is 0. The Morgan fingerprint density at radius 1 is 1.00 bits per heavy atom. The van der Waals surface area contributed by atoms with Crippen LogP contribution in [-0.2, 0) is 11.3 Å². The van der Waals surface area contributed by atoms with Crippen molar-refractivity contribution in [2.75, 3.05) is 0 Å². The molecule has 2 rings (SSSR count). The Morgan fingerprint density at radius 2 is 1.65 bits per heavy atom. The highest BCUT2D eigenvalue weighted by Gasteiger charge is 2.07. The molecule has 0 aromatic heterocycles. The minimum absolute atomic E-state index is 0.403. The number of benzene rings is 2. The number of alkyl halides is 1. The highest BCUT2D eigenvalue weighted by molar-refractivity contribution is 9.10. The maximum atomic E-state index is 6.16. The summed E-state index contributed by atoms with van der Waals surface area (Å²) >= 11 is 9.55. The fraction of sp³-hybridized carbons (Fsp3) is 0.143. The van der Waals surface area contributed by atoms with Crippen LogP contribution in [0.15, 0.2) is 59.1 Å². The largest absolute Gasteiger partial charge is 0.354 e. The molecule has 2 aromatic rings. The van der Waals surface area contributed by atoms with E-state index in [1.54, 1.807) is 0 Å². The van der Waals surface area contributed by atoms with Gasteiger partial charge in [0.25, 0.3) is 0 Å². The highest BCUT2D eigenvalue weighted by atomic mass is 79.9. The zero-order chi connectivity index (χ0) is 12.1. The molecular weight excluding hydrogens is 300 g/mol. The van der Waals surface area contributed by atoms with Crippen molar-refractivity contribution in [3.63, 3.8) is 0 Å². The third-order valence-corrected chi connectivity index (χ3v) is 3.28. The molecule has 0 aliphatic carbocycles. The van der Waals surface area contributed by atoms with E-state index in [4.69, 9.17) is 16.3 Å². The van der Waals surface area contributed by atoms with Crippen LogP contribution >= 0.6 is 27.5 Å². The Hall–Kier alpha value is -0.830. The van der Waals surface area contributed by atoms with E-state index in [-0.39, 0.29) is 0 Å². The first kappa shape index (κ1) is 12.6. The zero-order valence-electron chi connectivity index (χ0n) is 9.14. The lowest BCUT2D eigenvalue weighted by Gasteiger charge is -2.11. The molecule has 2 aromatic carbocycles. The molecule has 0 N–H and O–H groups in total. The van der Waals surface area contributed by atoms with Gasteiger partial charge in [-0.1, -0.05) is 70.0 Å². The van der Waals surface area contributed by atoms with Gasteiger partial charge in [0.15, 0.2) is 5.56 Å². The first-order valence-electron chi connectivity index (χ1n) is 5.31. The van der Waals surface area contributed by atoms with E-state index in [1.165, 1.54) is 0 Å². The van der Waals surface area contributed by atoms with Crippen molar-refractivity contribution in [1.29, 1.82) is 0 Å². The van der Waals surface area contributed by atoms with Crippen molar-refractivity contribution in [3.8, 4) is 0 Å². The van der Waals surface area contributed by atoms with Gasteiger partial charge >= 0.3 is 0 Å². The van der Waals surface area contributed by atoms with Crippen LogP contribution in [0.5, 0.6) is 0 Å². The second kappa shape index (κ2) is 6.20. The Balaban J connectivity index is 1.92. The normalized spacial score (nSPS) is 12.4. The number of halogens is 2. The molecule has 1 nitrogen and oxygen atoms in total. The van der Waals surface area contributed by atoms with Crippen molar-refractivity contribution in [3.05, 3.63) is 70.2 Å². The van der Waals surface area contributed by atoms with Gasteiger partial charge in [-0.3, -0.25) is 0 Å². The van der Waals surface area contributed by atoms with Gasteiger partial charge in [0.1, 0.15) is 0 Å². The topological polar surface area (TPSA) is 9.23 Å².